The lowest BCUT2D eigenvalue weighted by molar-refractivity contribution is 0.180. The summed E-state index contributed by atoms with van der Waals surface area (Å²) in [5, 5.41) is 10.0. The predicted molar refractivity (Wildman–Crippen MR) is 75.7 cm³/mol. The number of nitrogens with zero attached hydrogens (tertiary/aromatic N) is 4. The normalized spacial score (nSPS) is 33.4. The minimum Gasteiger partial charge on any atom is -0.393 e. The zero-order valence-corrected chi connectivity index (χ0v) is 9.55. The molecule has 2 heterocycles. The standard InChI is InChI=1S/C13H20N4O3/c1-9(18)6-4-5-7-17-12(19)10-11(14-8-15(10)2)16(3)13(17)20/h8-9,18H,4-7H2,1-3H3/i1D3,2D3,3D3,4D2,5D2,6D2,7D2,8D,9D. The molecule has 0 saturated heterocycles. The molecule has 2 rings (SSSR count). The second-order valence-corrected chi connectivity index (χ2v) is 3.31. The number of imidazole rings is 1. The van der Waals surface area contributed by atoms with Crippen molar-refractivity contribution >= 4 is 11.2 Å². The SMILES string of the molecule is [2H]c1nc2c(c(=O)n(C([2H])([2H])C([2H])([2H])C([2H])([2H])C([2H])([2H])C([2H])(O)C([2H])([2H])[2H])c(=O)n2C([2H])([2H])[2H])n1C([2H])([2H])[2H]. The van der Waals surface area contributed by atoms with Crippen molar-refractivity contribution < 1.29 is 31.2 Å². The van der Waals surface area contributed by atoms with Gasteiger partial charge in [-0.25, -0.2) is 9.78 Å². The topological polar surface area (TPSA) is 82.1 Å². The summed E-state index contributed by atoms with van der Waals surface area (Å²) in [6.07, 6.45) is -19.5. The van der Waals surface area contributed by atoms with Gasteiger partial charge in [-0.2, -0.15) is 0 Å². The first-order chi connectivity index (χ1) is 16.8. The van der Waals surface area contributed by atoms with Gasteiger partial charge in [0.1, 0.15) is 1.37 Å². The Morgan fingerprint density at radius 3 is 3.10 bits per heavy atom. The number of aryl methyl sites for hydroxylation is 2. The van der Waals surface area contributed by atoms with E-state index in [1.54, 1.807) is 0 Å². The fourth-order valence-electron chi connectivity index (χ4n) is 1.30. The maximum absolute atomic E-state index is 13.3. The van der Waals surface area contributed by atoms with Crippen LogP contribution < -0.4 is 11.2 Å². The summed E-state index contributed by atoms with van der Waals surface area (Å²) in [4.78, 5) is 29.8. The third kappa shape index (κ3) is 2.53. The fourth-order valence-corrected chi connectivity index (χ4v) is 1.30. The summed E-state index contributed by atoms with van der Waals surface area (Å²) in [5.41, 5.74) is -7.05. The van der Waals surface area contributed by atoms with E-state index < -0.39 is 90.3 Å². The summed E-state index contributed by atoms with van der Waals surface area (Å²) in [6.45, 7) is -15.7. The van der Waals surface area contributed by atoms with Crippen LogP contribution in [0.25, 0.3) is 11.2 Å². The number of aliphatic hydroxyl groups is 1. The Bertz CT molecular complexity index is 1400. The van der Waals surface area contributed by atoms with Gasteiger partial charge in [-0.1, -0.05) is 0 Å². The lowest BCUT2D eigenvalue weighted by Gasteiger charge is -2.09. The van der Waals surface area contributed by atoms with Crippen LogP contribution >= 0.6 is 0 Å². The molecule has 0 saturated carbocycles. The van der Waals surface area contributed by atoms with Crippen molar-refractivity contribution in [3.8, 4) is 0 Å². The number of hydrogen-bond donors (Lipinski definition) is 1. The summed E-state index contributed by atoms with van der Waals surface area (Å²) < 4.78 is 145. The van der Waals surface area contributed by atoms with Gasteiger partial charge in [0.05, 0.1) is 16.5 Å². The van der Waals surface area contributed by atoms with E-state index >= 15 is 0 Å². The average Bonchev–Trinajstić information content (AvgIpc) is 3.02. The van der Waals surface area contributed by atoms with Gasteiger partial charge >= 0.3 is 5.69 Å². The zero-order valence-electron chi connectivity index (χ0n) is 28.6. The Morgan fingerprint density at radius 2 is 2.40 bits per heavy atom. The quantitative estimate of drug-likeness (QED) is 0.841. The van der Waals surface area contributed by atoms with Crippen molar-refractivity contribution in [2.24, 2.45) is 14.0 Å². The molecule has 1 atom stereocenters. The Kier molecular flexibility index (Phi) is 1.03. The largest absolute Gasteiger partial charge is 0.393 e. The van der Waals surface area contributed by atoms with E-state index in [0.717, 1.165) is 0 Å². The fraction of sp³-hybridized carbons (Fsp3) is 0.615. The van der Waals surface area contributed by atoms with E-state index in [9.17, 15) is 14.7 Å². The van der Waals surface area contributed by atoms with Crippen molar-refractivity contribution in [2.75, 3.05) is 0 Å². The molecule has 0 aromatic carbocycles. The maximum atomic E-state index is 13.3. The summed E-state index contributed by atoms with van der Waals surface area (Å²) in [7, 11) is 0. The van der Waals surface area contributed by atoms with E-state index in [1.165, 1.54) is 0 Å². The maximum Gasteiger partial charge on any atom is 0.332 e. The minimum atomic E-state index is -4.60. The van der Waals surface area contributed by atoms with E-state index in [4.69, 9.17) is 26.0 Å². The van der Waals surface area contributed by atoms with Gasteiger partial charge in [-0.05, 0) is 26.0 Å². The van der Waals surface area contributed by atoms with Crippen molar-refractivity contribution in [3.05, 3.63) is 27.1 Å². The highest BCUT2D eigenvalue weighted by Crippen LogP contribution is 2.04. The Labute approximate surface area is 142 Å². The monoisotopic (exact) mass is 299 g/mol. The van der Waals surface area contributed by atoms with Gasteiger partial charge in [-0.3, -0.25) is 13.9 Å². The molecule has 0 aliphatic rings. The van der Waals surface area contributed by atoms with Crippen molar-refractivity contribution in [3.63, 3.8) is 0 Å². The molecule has 2 aromatic heterocycles. The third-order valence-electron chi connectivity index (χ3n) is 2.10. The Morgan fingerprint density at radius 1 is 1.55 bits per heavy atom. The first kappa shape index (κ1) is 3.65. The highest BCUT2D eigenvalue weighted by atomic mass is 16.3. The Hall–Kier alpha value is -1.89. The first-order valence-electron chi connectivity index (χ1n) is 14.3. The van der Waals surface area contributed by atoms with Gasteiger partial charge in [-0.15, -0.1) is 0 Å². The molecule has 0 fully saturated rings. The molecule has 0 aliphatic carbocycles. The van der Waals surface area contributed by atoms with Gasteiger partial charge in [0.2, 0.25) is 0 Å². The summed E-state index contributed by atoms with van der Waals surface area (Å²) in [5.74, 6) is 0. The molecule has 0 radical (unpaired) electrons. The number of fused-ring (bicyclic) bond motifs is 1. The molecule has 0 aliphatic heterocycles. The van der Waals surface area contributed by atoms with Crippen molar-refractivity contribution in [1.82, 2.24) is 18.7 Å². The molecule has 0 amide bonds. The zero-order chi connectivity index (χ0) is 31.3. The van der Waals surface area contributed by atoms with Crippen LogP contribution in [-0.2, 0) is 20.4 Å². The molecule has 2 aromatic rings. The molecule has 0 spiro atoms. The Balaban J connectivity index is 3.15. The van der Waals surface area contributed by atoms with E-state index in [1.807, 2.05) is 0 Å². The second-order valence-electron chi connectivity index (χ2n) is 3.31. The molecule has 20 heavy (non-hydrogen) atoms. The van der Waals surface area contributed by atoms with Crippen LogP contribution in [0.2, 0.25) is 0 Å². The lowest BCUT2D eigenvalue weighted by atomic mass is 10.2. The van der Waals surface area contributed by atoms with E-state index in [2.05, 4.69) is 4.98 Å². The molecular formula is C13H20N4O3. The van der Waals surface area contributed by atoms with Crippen LogP contribution in [0.4, 0.5) is 0 Å². The molecule has 7 heteroatoms. The van der Waals surface area contributed by atoms with Crippen molar-refractivity contribution in [1.29, 1.82) is 0 Å². The van der Waals surface area contributed by atoms with Crippen LogP contribution in [0, 0.1) is 0 Å². The third-order valence-corrected chi connectivity index (χ3v) is 2.10. The summed E-state index contributed by atoms with van der Waals surface area (Å²) >= 11 is 0. The smallest absolute Gasteiger partial charge is 0.332 e. The molecule has 1 N–H and O–H groups in total. The van der Waals surface area contributed by atoms with Gasteiger partial charge < -0.3 is 9.67 Å². The lowest BCUT2D eigenvalue weighted by Crippen LogP contribution is -2.39. The van der Waals surface area contributed by atoms with Crippen LogP contribution in [0.15, 0.2) is 15.9 Å². The highest BCUT2D eigenvalue weighted by molar-refractivity contribution is 5.69. The molecule has 7 nitrogen and oxygen atoms in total. The first-order valence-corrected chi connectivity index (χ1v) is 4.84. The number of rotatable bonds is 5. The van der Waals surface area contributed by atoms with Crippen LogP contribution in [0.5, 0.6) is 0 Å². The number of hydrogen-bond acceptors (Lipinski definition) is 4. The second kappa shape index (κ2) is 5.62. The van der Waals surface area contributed by atoms with Gasteiger partial charge in [0.25, 0.3) is 5.56 Å². The van der Waals surface area contributed by atoms with E-state index in [-0.39, 0.29) is 4.57 Å². The molecular weight excluding hydrogens is 260 g/mol. The van der Waals surface area contributed by atoms with Crippen LogP contribution in [-0.4, -0.2) is 29.9 Å². The van der Waals surface area contributed by atoms with Crippen LogP contribution in [0.1, 0.15) is 52.0 Å². The minimum absolute atomic E-state index is 0.181. The van der Waals surface area contributed by atoms with Crippen molar-refractivity contribution in [2.45, 2.75) is 38.5 Å². The summed E-state index contributed by atoms with van der Waals surface area (Å²) in [6, 6.07) is 0. The van der Waals surface area contributed by atoms with E-state index in [0.29, 0.717) is 0 Å². The highest BCUT2D eigenvalue weighted by Gasteiger charge is 2.14. The molecule has 0 bridgehead atoms. The van der Waals surface area contributed by atoms with Crippen LogP contribution in [0.3, 0.4) is 0 Å². The molecule has 110 valence electrons. The van der Waals surface area contributed by atoms with Gasteiger partial charge in [0.15, 0.2) is 11.2 Å². The number of aromatic nitrogens is 4. The predicted octanol–water partition coefficient (Wildman–Crippen LogP) is -0.0152. The molecule has 1 unspecified atom stereocenters. The van der Waals surface area contributed by atoms with Gasteiger partial charge in [0, 0.05) is 41.0 Å². The average molecular weight is 299 g/mol.